The van der Waals surface area contributed by atoms with E-state index in [2.05, 4.69) is 11.1 Å². The highest BCUT2D eigenvalue weighted by molar-refractivity contribution is 6.31. The van der Waals surface area contributed by atoms with Crippen LogP contribution >= 0.6 is 11.6 Å². The third-order valence-electron chi connectivity index (χ3n) is 3.60. The molecule has 0 aliphatic heterocycles. The van der Waals surface area contributed by atoms with Gasteiger partial charge in [0.1, 0.15) is 0 Å². The first-order valence-electron chi connectivity index (χ1n) is 6.53. The second-order valence-corrected chi connectivity index (χ2v) is 5.32. The van der Waals surface area contributed by atoms with Crippen molar-refractivity contribution in [3.63, 3.8) is 0 Å². The standard InChI is InChI=1S/C17H15ClN2/c1-11-6-7-13-14(17(11)19)8-9-20-16(13)10-12-4-2-3-5-15(12)18/h2-9H,10,19H2,1H3. The van der Waals surface area contributed by atoms with E-state index >= 15 is 0 Å². The maximum Gasteiger partial charge on any atom is 0.0526 e. The van der Waals surface area contributed by atoms with Gasteiger partial charge in [-0.05, 0) is 30.2 Å². The van der Waals surface area contributed by atoms with Crippen molar-refractivity contribution in [2.24, 2.45) is 0 Å². The molecule has 0 spiro atoms. The summed E-state index contributed by atoms with van der Waals surface area (Å²) in [6.45, 7) is 2.02. The van der Waals surface area contributed by atoms with Gasteiger partial charge in [0.05, 0.1) is 5.69 Å². The Kier molecular flexibility index (Phi) is 3.33. The van der Waals surface area contributed by atoms with E-state index in [1.807, 2.05) is 49.5 Å². The molecular formula is C17H15ClN2. The summed E-state index contributed by atoms with van der Waals surface area (Å²) in [4.78, 5) is 4.50. The lowest BCUT2D eigenvalue weighted by Crippen LogP contribution is -1.97. The third-order valence-corrected chi connectivity index (χ3v) is 3.97. The number of rotatable bonds is 2. The van der Waals surface area contributed by atoms with Gasteiger partial charge in [0.25, 0.3) is 0 Å². The smallest absolute Gasteiger partial charge is 0.0526 e. The Balaban J connectivity index is 2.13. The summed E-state index contributed by atoms with van der Waals surface area (Å²) in [5.41, 5.74) is 10.2. The molecule has 0 bridgehead atoms. The highest BCUT2D eigenvalue weighted by atomic mass is 35.5. The molecule has 1 heterocycles. The summed E-state index contributed by atoms with van der Waals surface area (Å²) in [5.74, 6) is 0. The SMILES string of the molecule is Cc1ccc2c(Cc3ccccc3Cl)nccc2c1N. The number of nitrogens with two attached hydrogens (primary N) is 1. The topological polar surface area (TPSA) is 38.9 Å². The van der Waals surface area contributed by atoms with Crippen LogP contribution in [-0.2, 0) is 6.42 Å². The second kappa shape index (κ2) is 5.14. The lowest BCUT2D eigenvalue weighted by molar-refractivity contribution is 1.10. The van der Waals surface area contributed by atoms with E-state index in [9.17, 15) is 0 Å². The number of halogens is 1. The van der Waals surface area contributed by atoms with Gasteiger partial charge >= 0.3 is 0 Å². The fourth-order valence-electron chi connectivity index (χ4n) is 2.41. The largest absolute Gasteiger partial charge is 0.398 e. The molecule has 0 unspecified atom stereocenters. The first-order chi connectivity index (χ1) is 9.66. The van der Waals surface area contributed by atoms with Gasteiger partial charge < -0.3 is 5.73 Å². The zero-order chi connectivity index (χ0) is 14.1. The minimum absolute atomic E-state index is 0.708. The van der Waals surface area contributed by atoms with Gasteiger partial charge in [-0.3, -0.25) is 4.98 Å². The van der Waals surface area contributed by atoms with E-state index in [0.717, 1.165) is 38.3 Å². The monoisotopic (exact) mass is 282 g/mol. The Hall–Kier alpha value is -2.06. The van der Waals surface area contributed by atoms with Crippen LogP contribution in [0.15, 0.2) is 48.7 Å². The quantitative estimate of drug-likeness (QED) is 0.709. The van der Waals surface area contributed by atoms with E-state index in [1.54, 1.807) is 0 Å². The molecule has 2 aromatic carbocycles. The average molecular weight is 283 g/mol. The van der Waals surface area contributed by atoms with Crippen LogP contribution in [0, 0.1) is 6.92 Å². The summed E-state index contributed by atoms with van der Waals surface area (Å²) >= 11 is 6.23. The molecule has 2 N–H and O–H groups in total. The molecule has 20 heavy (non-hydrogen) atoms. The van der Waals surface area contributed by atoms with Crippen molar-refractivity contribution in [3.8, 4) is 0 Å². The highest BCUT2D eigenvalue weighted by Crippen LogP contribution is 2.28. The first-order valence-corrected chi connectivity index (χ1v) is 6.90. The summed E-state index contributed by atoms with van der Waals surface area (Å²) < 4.78 is 0. The van der Waals surface area contributed by atoms with E-state index < -0.39 is 0 Å². The number of anilines is 1. The van der Waals surface area contributed by atoms with Crippen molar-refractivity contribution in [2.45, 2.75) is 13.3 Å². The molecule has 3 aromatic rings. The predicted molar refractivity (Wildman–Crippen MR) is 85.2 cm³/mol. The third kappa shape index (κ3) is 2.23. The Morgan fingerprint density at radius 1 is 1.05 bits per heavy atom. The fourth-order valence-corrected chi connectivity index (χ4v) is 2.61. The van der Waals surface area contributed by atoms with Gasteiger partial charge in [-0.25, -0.2) is 0 Å². The van der Waals surface area contributed by atoms with E-state index in [0.29, 0.717) is 6.42 Å². The van der Waals surface area contributed by atoms with Crippen molar-refractivity contribution in [3.05, 3.63) is 70.5 Å². The first kappa shape index (κ1) is 12.9. The van der Waals surface area contributed by atoms with Crippen LogP contribution in [0.5, 0.6) is 0 Å². The van der Waals surface area contributed by atoms with Crippen molar-refractivity contribution < 1.29 is 0 Å². The molecule has 0 fully saturated rings. The number of fused-ring (bicyclic) bond motifs is 1. The van der Waals surface area contributed by atoms with Crippen LogP contribution in [0.4, 0.5) is 5.69 Å². The molecule has 2 nitrogen and oxygen atoms in total. The number of aromatic nitrogens is 1. The number of aryl methyl sites for hydroxylation is 1. The molecule has 0 aliphatic rings. The predicted octanol–water partition coefficient (Wildman–Crippen LogP) is 4.37. The molecular weight excluding hydrogens is 268 g/mol. The molecule has 0 radical (unpaired) electrons. The van der Waals surface area contributed by atoms with Gasteiger partial charge in [-0.1, -0.05) is 41.9 Å². The van der Waals surface area contributed by atoms with Crippen molar-refractivity contribution in [2.75, 3.05) is 5.73 Å². The Morgan fingerprint density at radius 2 is 1.85 bits per heavy atom. The summed E-state index contributed by atoms with van der Waals surface area (Å²) in [6.07, 6.45) is 2.52. The number of hydrogen-bond donors (Lipinski definition) is 1. The summed E-state index contributed by atoms with van der Waals surface area (Å²) in [7, 11) is 0. The van der Waals surface area contributed by atoms with Crippen molar-refractivity contribution in [1.29, 1.82) is 0 Å². The van der Waals surface area contributed by atoms with E-state index in [4.69, 9.17) is 17.3 Å². The maximum absolute atomic E-state index is 6.23. The van der Waals surface area contributed by atoms with Crippen LogP contribution in [0.2, 0.25) is 5.02 Å². The number of benzene rings is 2. The van der Waals surface area contributed by atoms with Gasteiger partial charge in [-0.2, -0.15) is 0 Å². The molecule has 3 heteroatoms. The van der Waals surface area contributed by atoms with E-state index in [1.165, 1.54) is 0 Å². The molecule has 0 amide bonds. The molecule has 1 aromatic heterocycles. The van der Waals surface area contributed by atoms with Crippen LogP contribution in [0.1, 0.15) is 16.8 Å². The van der Waals surface area contributed by atoms with E-state index in [-0.39, 0.29) is 0 Å². The van der Waals surface area contributed by atoms with Crippen molar-refractivity contribution >= 4 is 28.1 Å². The Bertz CT molecular complexity index is 781. The lowest BCUT2D eigenvalue weighted by Gasteiger charge is -2.10. The second-order valence-electron chi connectivity index (χ2n) is 4.92. The fraction of sp³-hybridized carbons (Fsp3) is 0.118. The van der Waals surface area contributed by atoms with Gasteiger partial charge in [0, 0.05) is 34.1 Å². The molecule has 3 rings (SSSR count). The minimum atomic E-state index is 0.708. The number of nitrogen functional groups attached to an aromatic ring is 1. The van der Waals surface area contributed by atoms with Crippen LogP contribution in [0.25, 0.3) is 10.8 Å². The molecule has 0 atom stereocenters. The van der Waals surface area contributed by atoms with Gasteiger partial charge in [-0.15, -0.1) is 0 Å². The zero-order valence-electron chi connectivity index (χ0n) is 11.2. The molecule has 0 aliphatic carbocycles. The Labute approximate surface area is 123 Å². The number of hydrogen-bond acceptors (Lipinski definition) is 2. The van der Waals surface area contributed by atoms with Gasteiger partial charge in [0.2, 0.25) is 0 Å². The minimum Gasteiger partial charge on any atom is -0.398 e. The highest BCUT2D eigenvalue weighted by Gasteiger charge is 2.08. The maximum atomic E-state index is 6.23. The molecule has 0 saturated carbocycles. The van der Waals surface area contributed by atoms with Crippen LogP contribution < -0.4 is 5.73 Å². The normalized spacial score (nSPS) is 10.9. The lowest BCUT2D eigenvalue weighted by atomic mass is 10.0. The van der Waals surface area contributed by atoms with Crippen molar-refractivity contribution in [1.82, 2.24) is 4.98 Å². The average Bonchev–Trinajstić information content (AvgIpc) is 2.46. The summed E-state index contributed by atoms with van der Waals surface area (Å²) in [5, 5.41) is 2.92. The van der Waals surface area contributed by atoms with Crippen LogP contribution in [-0.4, -0.2) is 4.98 Å². The summed E-state index contributed by atoms with van der Waals surface area (Å²) in [6, 6.07) is 13.9. The molecule has 0 saturated heterocycles. The molecule has 100 valence electrons. The number of pyridine rings is 1. The number of nitrogens with zero attached hydrogens (tertiary/aromatic N) is 1. The van der Waals surface area contributed by atoms with Gasteiger partial charge in [0.15, 0.2) is 0 Å². The zero-order valence-corrected chi connectivity index (χ0v) is 12.0. The Morgan fingerprint density at radius 3 is 2.65 bits per heavy atom. The van der Waals surface area contributed by atoms with Crippen LogP contribution in [0.3, 0.4) is 0 Å².